The van der Waals surface area contributed by atoms with Gasteiger partial charge >= 0.3 is 0 Å². The second-order valence-corrected chi connectivity index (χ2v) is 11.6. The summed E-state index contributed by atoms with van der Waals surface area (Å²) in [6.45, 7) is 22.2. The van der Waals surface area contributed by atoms with Crippen molar-refractivity contribution in [2.24, 2.45) is 11.8 Å². The summed E-state index contributed by atoms with van der Waals surface area (Å²) in [6, 6.07) is 0. The maximum absolute atomic E-state index is 6.58. The average molecular weight is 257 g/mol. The van der Waals surface area contributed by atoms with E-state index in [1.165, 1.54) is 0 Å². The van der Waals surface area contributed by atoms with Gasteiger partial charge in [0.05, 0.1) is 6.10 Å². The first-order valence-corrected chi connectivity index (χ1v) is 9.78. The van der Waals surface area contributed by atoms with Crippen molar-refractivity contribution in [1.82, 2.24) is 0 Å². The van der Waals surface area contributed by atoms with E-state index in [4.69, 9.17) is 4.43 Å². The topological polar surface area (TPSA) is 9.23 Å². The van der Waals surface area contributed by atoms with Crippen molar-refractivity contribution in [3.8, 4) is 0 Å². The second kappa shape index (κ2) is 6.19. The minimum atomic E-state index is -1.67. The molecule has 0 aromatic carbocycles. The molecule has 0 radical (unpaired) electrons. The molecule has 0 rings (SSSR count). The van der Waals surface area contributed by atoms with E-state index in [0.717, 1.165) is 6.42 Å². The monoisotopic (exact) mass is 256 g/mol. The molecule has 17 heavy (non-hydrogen) atoms. The molecule has 102 valence electrons. The first-order chi connectivity index (χ1) is 7.56. The first-order valence-electron chi connectivity index (χ1n) is 6.87. The van der Waals surface area contributed by atoms with Crippen LogP contribution in [0.3, 0.4) is 0 Å². The van der Waals surface area contributed by atoms with Crippen molar-refractivity contribution in [3.05, 3.63) is 12.7 Å². The Morgan fingerprint density at radius 3 is 2.00 bits per heavy atom. The fraction of sp³-hybridized carbons (Fsp3) is 0.867. The summed E-state index contributed by atoms with van der Waals surface area (Å²) in [5.74, 6) is 1.02. The second-order valence-electron chi connectivity index (χ2n) is 6.82. The van der Waals surface area contributed by atoms with Crippen LogP contribution in [0.25, 0.3) is 0 Å². The summed E-state index contributed by atoms with van der Waals surface area (Å²) < 4.78 is 6.58. The number of hydrogen-bond acceptors (Lipinski definition) is 1. The normalized spacial score (nSPS) is 18.6. The van der Waals surface area contributed by atoms with Crippen molar-refractivity contribution in [1.29, 1.82) is 0 Å². The molecule has 0 aliphatic heterocycles. The van der Waals surface area contributed by atoms with Crippen LogP contribution in [0.2, 0.25) is 18.1 Å². The minimum absolute atomic E-state index is 0.277. The molecular weight excluding hydrogens is 224 g/mol. The van der Waals surface area contributed by atoms with Crippen LogP contribution in [0.1, 0.15) is 48.0 Å². The van der Waals surface area contributed by atoms with E-state index in [0.29, 0.717) is 17.9 Å². The molecule has 0 spiro atoms. The standard InChI is InChI=1S/C15H32OSi/c1-10-12(3)14(13(4)11-2)16-17(8,9)15(5,6)7/h10,12-14H,1,11H2,2-9H3/t12-,13-,14-/m0/s1. The lowest BCUT2D eigenvalue weighted by Crippen LogP contribution is -2.47. The molecule has 1 nitrogen and oxygen atoms in total. The van der Waals surface area contributed by atoms with E-state index in [1.54, 1.807) is 0 Å². The molecule has 0 saturated carbocycles. The summed E-state index contributed by atoms with van der Waals surface area (Å²) in [6.07, 6.45) is 3.51. The molecule has 0 amide bonds. The van der Waals surface area contributed by atoms with Crippen molar-refractivity contribution >= 4 is 8.32 Å². The van der Waals surface area contributed by atoms with E-state index in [1.807, 2.05) is 6.08 Å². The largest absolute Gasteiger partial charge is 0.413 e. The zero-order chi connectivity index (χ0) is 13.9. The Kier molecular flexibility index (Phi) is 6.16. The molecule has 0 aliphatic carbocycles. The van der Waals surface area contributed by atoms with Crippen LogP contribution in [0, 0.1) is 11.8 Å². The molecule has 0 unspecified atom stereocenters. The van der Waals surface area contributed by atoms with Gasteiger partial charge in [0, 0.05) is 0 Å². The highest BCUT2D eigenvalue weighted by Gasteiger charge is 2.40. The van der Waals surface area contributed by atoms with Gasteiger partial charge in [0.15, 0.2) is 8.32 Å². The van der Waals surface area contributed by atoms with Gasteiger partial charge in [0.2, 0.25) is 0 Å². The van der Waals surface area contributed by atoms with E-state index in [9.17, 15) is 0 Å². The lowest BCUT2D eigenvalue weighted by molar-refractivity contribution is 0.0910. The Balaban J connectivity index is 4.93. The van der Waals surface area contributed by atoms with Crippen molar-refractivity contribution in [2.75, 3.05) is 0 Å². The van der Waals surface area contributed by atoms with Crippen LogP contribution in [0.5, 0.6) is 0 Å². The summed E-state index contributed by atoms with van der Waals surface area (Å²) in [4.78, 5) is 0. The maximum atomic E-state index is 6.58. The molecule has 0 aliphatic rings. The zero-order valence-electron chi connectivity index (χ0n) is 13.1. The molecule has 0 heterocycles. The fourth-order valence-electron chi connectivity index (χ4n) is 1.63. The van der Waals surface area contributed by atoms with Crippen molar-refractivity contribution < 1.29 is 4.43 Å². The number of hydrogen-bond donors (Lipinski definition) is 0. The summed E-state index contributed by atoms with van der Waals surface area (Å²) in [5.41, 5.74) is 0. The Bertz CT molecular complexity index is 240. The Morgan fingerprint density at radius 1 is 1.24 bits per heavy atom. The van der Waals surface area contributed by atoms with Gasteiger partial charge in [-0.1, -0.05) is 54.0 Å². The van der Waals surface area contributed by atoms with E-state index < -0.39 is 8.32 Å². The summed E-state index contributed by atoms with van der Waals surface area (Å²) in [7, 11) is -1.67. The third-order valence-electron chi connectivity index (χ3n) is 4.33. The van der Waals surface area contributed by atoms with Crippen LogP contribution >= 0.6 is 0 Å². The van der Waals surface area contributed by atoms with Gasteiger partial charge in [0.1, 0.15) is 0 Å². The molecule has 3 atom stereocenters. The average Bonchev–Trinajstić information content (AvgIpc) is 2.22. The maximum Gasteiger partial charge on any atom is 0.192 e. The molecular formula is C15H32OSi. The Hall–Kier alpha value is -0.0831. The predicted octanol–water partition coefficient (Wildman–Crippen LogP) is 5.25. The molecule has 0 aromatic heterocycles. The van der Waals surface area contributed by atoms with Crippen LogP contribution in [0.15, 0.2) is 12.7 Å². The van der Waals surface area contributed by atoms with Crippen LogP contribution in [-0.4, -0.2) is 14.4 Å². The van der Waals surface area contributed by atoms with Crippen LogP contribution in [0.4, 0.5) is 0 Å². The van der Waals surface area contributed by atoms with Crippen molar-refractivity contribution in [2.45, 2.75) is 72.2 Å². The van der Waals surface area contributed by atoms with Gasteiger partial charge in [-0.05, 0) is 30.0 Å². The van der Waals surface area contributed by atoms with E-state index >= 15 is 0 Å². The lowest BCUT2D eigenvalue weighted by atomic mass is 9.92. The van der Waals surface area contributed by atoms with Crippen LogP contribution < -0.4 is 0 Å². The molecule has 2 heteroatoms. The number of rotatable bonds is 6. The smallest absolute Gasteiger partial charge is 0.192 e. The third-order valence-corrected chi connectivity index (χ3v) is 8.81. The molecule has 0 saturated heterocycles. The Morgan fingerprint density at radius 2 is 1.71 bits per heavy atom. The Labute approximate surface area is 110 Å². The minimum Gasteiger partial charge on any atom is -0.413 e. The van der Waals surface area contributed by atoms with E-state index in [2.05, 4.69) is 61.2 Å². The van der Waals surface area contributed by atoms with Crippen LogP contribution in [-0.2, 0) is 4.43 Å². The van der Waals surface area contributed by atoms with Gasteiger partial charge in [0.25, 0.3) is 0 Å². The van der Waals surface area contributed by atoms with Gasteiger partial charge < -0.3 is 4.43 Å². The van der Waals surface area contributed by atoms with Gasteiger partial charge in [-0.25, -0.2) is 0 Å². The van der Waals surface area contributed by atoms with Gasteiger partial charge in [-0.15, -0.1) is 6.58 Å². The SMILES string of the molecule is C=C[C@H](C)[C@H](O[Si](C)(C)C(C)(C)C)[C@@H](C)CC. The predicted molar refractivity (Wildman–Crippen MR) is 80.9 cm³/mol. The molecule has 0 fully saturated rings. The fourth-order valence-corrected chi connectivity index (χ4v) is 3.11. The van der Waals surface area contributed by atoms with E-state index in [-0.39, 0.29) is 5.04 Å². The highest BCUT2D eigenvalue weighted by atomic mass is 28.4. The highest BCUT2D eigenvalue weighted by molar-refractivity contribution is 6.74. The van der Waals surface area contributed by atoms with Gasteiger partial charge in [-0.3, -0.25) is 0 Å². The lowest BCUT2D eigenvalue weighted by Gasteiger charge is -2.42. The summed E-state index contributed by atoms with van der Waals surface area (Å²) >= 11 is 0. The highest BCUT2D eigenvalue weighted by Crippen LogP contribution is 2.39. The molecule has 0 N–H and O–H groups in total. The van der Waals surface area contributed by atoms with Gasteiger partial charge in [-0.2, -0.15) is 0 Å². The quantitative estimate of drug-likeness (QED) is 0.466. The summed E-state index contributed by atoms with van der Waals surface area (Å²) in [5, 5.41) is 0.277. The molecule has 0 bridgehead atoms. The van der Waals surface area contributed by atoms with Crippen molar-refractivity contribution in [3.63, 3.8) is 0 Å². The third kappa shape index (κ3) is 4.59. The molecule has 0 aromatic rings. The zero-order valence-corrected chi connectivity index (χ0v) is 14.1. The first kappa shape index (κ1) is 16.9.